The highest BCUT2D eigenvalue weighted by atomic mass is 15.1. The summed E-state index contributed by atoms with van der Waals surface area (Å²) < 4.78 is 6.90. The molecule has 0 aliphatic rings. The van der Waals surface area contributed by atoms with Gasteiger partial charge in [0.15, 0.2) is 5.69 Å². The molecule has 0 saturated heterocycles. The molecule has 53 heavy (non-hydrogen) atoms. The molecule has 4 heterocycles. The van der Waals surface area contributed by atoms with Crippen LogP contribution < -0.4 is 0 Å². The molecule has 0 N–H and O–H groups in total. The molecule has 0 spiro atoms. The molecule has 0 unspecified atom stereocenters. The highest BCUT2D eigenvalue weighted by Crippen LogP contribution is 2.39. The van der Waals surface area contributed by atoms with E-state index in [1.807, 2.05) is 30.5 Å². The minimum Gasteiger partial charge on any atom is -0.309 e. The Balaban J connectivity index is 1.09. The van der Waals surface area contributed by atoms with Gasteiger partial charge in [0.2, 0.25) is 0 Å². The van der Waals surface area contributed by atoms with Crippen molar-refractivity contribution in [2.24, 2.45) is 0 Å². The van der Waals surface area contributed by atoms with Gasteiger partial charge >= 0.3 is 0 Å². The standard InChI is InChI=1S/C48H29N5/c1-49-33-21-23-35(24-22-33)51-42-16-8-5-13-36(42)39-27-31(19-25-45(39)51)32-20-26-46-40(28-32)37-14-7-10-18-44(37)53(46)48-29-41-38-15-6-9-17-43(38)52(47(41)30-50-48)34-11-3-2-4-12-34/h2-30H. The van der Waals surface area contributed by atoms with Crippen molar-refractivity contribution in [2.75, 3.05) is 0 Å². The van der Waals surface area contributed by atoms with Gasteiger partial charge in [-0.25, -0.2) is 9.83 Å². The van der Waals surface area contributed by atoms with Gasteiger partial charge in [0.25, 0.3) is 0 Å². The minimum absolute atomic E-state index is 0.639. The van der Waals surface area contributed by atoms with E-state index >= 15 is 0 Å². The molecule has 0 radical (unpaired) electrons. The van der Waals surface area contributed by atoms with E-state index in [1.54, 1.807) is 0 Å². The summed E-state index contributed by atoms with van der Waals surface area (Å²) in [6.07, 6.45) is 2.03. The van der Waals surface area contributed by atoms with Crippen LogP contribution in [0, 0.1) is 6.57 Å². The fourth-order valence-corrected chi connectivity index (χ4v) is 8.34. The maximum Gasteiger partial charge on any atom is 0.187 e. The van der Waals surface area contributed by atoms with Crippen molar-refractivity contribution in [1.29, 1.82) is 0 Å². The Morgan fingerprint density at radius 3 is 1.42 bits per heavy atom. The molecule has 0 saturated carbocycles. The van der Waals surface area contributed by atoms with Gasteiger partial charge in [-0.05, 0) is 83.9 Å². The number of pyridine rings is 1. The van der Waals surface area contributed by atoms with Crippen LogP contribution in [0.3, 0.4) is 0 Å². The summed E-state index contributed by atoms with van der Waals surface area (Å²) in [4.78, 5) is 8.73. The second-order valence-electron chi connectivity index (χ2n) is 13.5. The van der Waals surface area contributed by atoms with E-state index in [4.69, 9.17) is 11.6 Å². The maximum absolute atomic E-state index is 7.39. The van der Waals surface area contributed by atoms with E-state index in [1.165, 1.54) is 32.3 Å². The van der Waals surface area contributed by atoms with Crippen LogP contribution >= 0.6 is 0 Å². The first kappa shape index (κ1) is 29.3. The molecule has 246 valence electrons. The molecule has 7 aromatic carbocycles. The Bertz CT molecular complexity index is 3280. The van der Waals surface area contributed by atoms with Crippen molar-refractivity contribution >= 4 is 71.1 Å². The topological polar surface area (TPSA) is 32.0 Å². The molecular weight excluding hydrogens is 647 g/mol. The number of nitrogens with zero attached hydrogens (tertiary/aromatic N) is 5. The molecule has 11 aromatic rings. The first-order chi connectivity index (χ1) is 26.2. The van der Waals surface area contributed by atoms with Gasteiger partial charge < -0.3 is 9.13 Å². The Labute approximate surface area is 304 Å². The van der Waals surface area contributed by atoms with Gasteiger partial charge in [-0.3, -0.25) is 4.57 Å². The summed E-state index contributed by atoms with van der Waals surface area (Å²) >= 11 is 0. The number of hydrogen-bond acceptors (Lipinski definition) is 1. The zero-order valence-electron chi connectivity index (χ0n) is 28.5. The van der Waals surface area contributed by atoms with Gasteiger partial charge in [0, 0.05) is 43.7 Å². The fourth-order valence-electron chi connectivity index (χ4n) is 8.34. The molecule has 4 aromatic heterocycles. The highest BCUT2D eigenvalue weighted by molar-refractivity contribution is 6.14. The van der Waals surface area contributed by atoms with E-state index < -0.39 is 0 Å². The summed E-state index contributed by atoms with van der Waals surface area (Å²) in [5.41, 5.74) is 11.9. The van der Waals surface area contributed by atoms with Gasteiger partial charge in [-0.15, -0.1) is 0 Å². The number of rotatable bonds is 4. The van der Waals surface area contributed by atoms with Gasteiger partial charge in [-0.1, -0.05) is 97.1 Å². The molecule has 5 nitrogen and oxygen atoms in total. The van der Waals surface area contributed by atoms with Crippen LogP contribution in [0.5, 0.6) is 0 Å². The molecular formula is C48H29N5. The van der Waals surface area contributed by atoms with Crippen molar-refractivity contribution in [3.8, 4) is 28.3 Å². The normalized spacial score (nSPS) is 11.8. The molecule has 5 heteroatoms. The summed E-state index contributed by atoms with van der Waals surface area (Å²) in [6.45, 7) is 7.39. The van der Waals surface area contributed by atoms with E-state index in [2.05, 4.69) is 164 Å². The van der Waals surface area contributed by atoms with Crippen LogP contribution in [0.15, 0.2) is 176 Å². The van der Waals surface area contributed by atoms with Crippen LogP contribution in [-0.2, 0) is 0 Å². The number of aromatic nitrogens is 4. The third kappa shape index (κ3) is 4.33. The lowest BCUT2D eigenvalue weighted by atomic mass is 10.0. The smallest absolute Gasteiger partial charge is 0.187 e. The first-order valence-electron chi connectivity index (χ1n) is 17.7. The number of para-hydroxylation sites is 4. The van der Waals surface area contributed by atoms with Crippen LogP contribution in [0.2, 0.25) is 0 Å². The predicted octanol–water partition coefficient (Wildman–Crippen LogP) is 12.6. The molecule has 0 bridgehead atoms. The van der Waals surface area contributed by atoms with E-state index in [-0.39, 0.29) is 0 Å². The quantitative estimate of drug-likeness (QED) is 0.171. The Morgan fingerprint density at radius 1 is 0.377 bits per heavy atom. The van der Waals surface area contributed by atoms with Gasteiger partial charge in [-0.2, -0.15) is 0 Å². The highest BCUT2D eigenvalue weighted by Gasteiger charge is 2.19. The third-order valence-electron chi connectivity index (χ3n) is 10.7. The zero-order valence-corrected chi connectivity index (χ0v) is 28.5. The van der Waals surface area contributed by atoms with Crippen molar-refractivity contribution in [3.05, 3.63) is 187 Å². The second-order valence-corrected chi connectivity index (χ2v) is 13.5. The number of fused-ring (bicyclic) bond motifs is 9. The summed E-state index contributed by atoms with van der Waals surface area (Å²) in [7, 11) is 0. The average Bonchev–Trinajstić information content (AvgIpc) is 3.86. The molecule has 11 rings (SSSR count). The van der Waals surface area contributed by atoms with Gasteiger partial charge in [0.1, 0.15) is 5.82 Å². The Morgan fingerprint density at radius 2 is 0.830 bits per heavy atom. The second kappa shape index (κ2) is 11.3. The van der Waals surface area contributed by atoms with Crippen LogP contribution in [0.25, 0.3) is 98.6 Å². The van der Waals surface area contributed by atoms with E-state index in [0.717, 1.165) is 61.4 Å². The lowest BCUT2D eigenvalue weighted by Crippen LogP contribution is -1.98. The predicted molar refractivity (Wildman–Crippen MR) is 219 cm³/mol. The molecule has 0 aliphatic carbocycles. The lowest BCUT2D eigenvalue weighted by molar-refractivity contribution is 1.08. The number of benzene rings is 7. The monoisotopic (exact) mass is 675 g/mol. The summed E-state index contributed by atoms with van der Waals surface area (Å²) in [5.74, 6) is 0.895. The van der Waals surface area contributed by atoms with E-state index in [0.29, 0.717) is 5.69 Å². The average molecular weight is 676 g/mol. The largest absolute Gasteiger partial charge is 0.309 e. The molecule has 0 fully saturated rings. The summed E-state index contributed by atoms with van der Waals surface area (Å²) in [6, 6.07) is 60.0. The SMILES string of the molecule is [C-]#[N+]c1ccc(-n2c3ccccc3c3cc(-c4ccc5c(c4)c4ccccc4n5-c4cc5c6ccccc6n(-c6ccccc6)c5cn4)ccc32)cc1. The molecule has 0 atom stereocenters. The van der Waals surface area contributed by atoms with Crippen molar-refractivity contribution in [2.45, 2.75) is 0 Å². The zero-order chi connectivity index (χ0) is 35.0. The molecule has 0 amide bonds. The lowest BCUT2D eigenvalue weighted by Gasteiger charge is -2.10. The van der Waals surface area contributed by atoms with Gasteiger partial charge in [0.05, 0.1) is 45.9 Å². The fraction of sp³-hybridized carbons (Fsp3) is 0. The van der Waals surface area contributed by atoms with Crippen molar-refractivity contribution in [3.63, 3.8) is 0 Å². The number of hydrogen-bond donors (Lipinski definition) is 0. The molecule has 0 aliphatic heterocycles. The van der Waals surface area contributed by atoms with Crippen LogP contribution in [0.1, 0.15) is 0 Å². The summed E-state index contributed by atoms with van der Waals surface area (Å²) in [5, 5.41) is 7.16. The minimum atomic E-state index is 0.639. The van der Waals surface area contributed by atoms with Crippen LogP contribution in [-0.4, -0.2) is 18.7 Å². The third-order valence-corrected chi connectivity index (χ3v) is 10.7. The van der Waals surface area contributed by atoms with Crippen LogP contribution in [0.4, 0.5) is 5.69 Å². The van der Waals surface area contributed by atoms with Crippen molar-refractivity contribution < 1.29 is 0 Å². The maximum atomic E-state index is 7.39. The van der Waals surface area contributed by atoms with Crippen molar-refractivity contribution in [1.82, 2.24) is 18.7 Å². The van der Waals surface area contributed by atoms with E-state index in [9.17, 15) is 0 Å². The Hall–Kier alpha value is -7.42. The first-order valence-corrected chi connectivity index (χ1v) is 17.7. The Kier molecular flexibility index (Phi) is 6.25.